The van der Waals surface area contributed by atoms with E-state index in [4.69, 9.17) is 21.1 Å². The van der Waals surface area contributed by atoms with Crippen molar-refractivity contribution in [2.75, 3.05) is 13.2 Å². The minimum atomic E-state index is -0.673. The summed E-state index contributed by atoms with van der Waals surface area (Å²) in [6, 6.07) is 4.04. The second-order valence-electron chi connectivity index (χ2n) is 4.48. The zero-order valence-electron chi connectivity index (χ0n) is 10.7. The maximum Gasteiger partial charge on any atom is 0.340 e. The van der Waals surface area contributed by atoms with Crippen molar-refractivity contribution >= 4 is 23.3 Å². The minimum absolute atomic E-state index is 0.00308. The number of ether oxygens (including phenoxy) is 2. The number of carbonyl (C=O) groups is 1. The van der Waals surface area contributed by atoms with E-state index < -0.39 is 10.9 Å². The molecular formula is C13H14ClNO5. The summed E-state index contributed by atoms with van der Waals surface area (Å²) in [5.74, 6) is -0.673. The van der Waals surface area contributed by atoms with Gasteiger partial charge in [-0.3, -0.25) is 10.1 Å². The molecule has 2 rings (SSSR count). The molecule has 20 heavy (non-hydrogen) atoms. The lowest BCUT2D eigenvalue weighted by Gasteiger charge is -2.22. The van der Waals surface area contributed by atoms with Crippen molar-refractivity contribution in [3.63, 3.8) is 0 Å². The molecule has 1 heterocycles. The number of benzene rings is 1. The van der Waals surface area contributed by atoms with E-state index in [2.05, 4.69) is 0 Å². The van der Waals surface area contributed by atoms with Crippen LogP contribution in [0.1, 0.15) is 29.6 Å². The van der Waals surface area contributed by atoms with E-state index in [1.54, 1.807) is 0 Å². The Morgan fingerprint density at radius 3 is 2.95 bits per heavy atom. The van der Waals surface area contributed by atoms with Gasteiger partial charge in [0, 0.05) is 12.7 Å². The van der Waals surface area contributed by atoms with Crippen LogP contribution in [0.5, 0.6) is 0 Å². The number of nitro groups is 1. The van der Waals surface area contributed by atoms with Crippen LogP contribution < -0.4 is 0 Å². The summed E-state index contributed by atoms with van der Waals surface area (Å²) < 4.78 is 10.6. The van der Waals surface area contributed by atoms with Gasteiger partial charge in [0.15, 0.2) is 0 Å². The molecule has 0 aliphatic carbocycles. The van der Waals surface area contributed by atoms with Gasteiger partial charge in [-0.05, 0) is 25.3 Å². The molecule has 6 nitrogen and oxygen atoms in total. The fourth-order valence-electron chi connectivity index (χ4n) is 2.00. The zero-order valence-corrected chi connectivity index (χ0v) is 11.5. The number of nitro benzene ring substituents is 1. The fraction of sp³-hybridized carbons (Fsp3) is 0.462. The first kappa shape index (κ1) is 14.7. The number of hydrogen-bond donors (Lipinski definition) is 0. The molecule has 0 spiro atoms. The average molecular weight is 300 g/mol. The highest BCUT2D eigenvalue weighted by Gasteiger charge is 2.22. The summed E-state index contributed by atoms with van der Waals surface area (Å²) >= 11 is 5.85. The first-order chi connectivity index (χ1) is 9.59. The van der Waals surface area contributed by atoms with Gasteiger partial charge in [0.25, 0.3) is 5.69 Å². The van der Waals surface area contributed by atoms with Crippen LogP contribution in [0.4, 0.5) is 5.69 Å². The van der Waals surface area contributed by atoms with Crippen LogP contribution in [0.2, 0.25) is 5.02 Å². The molecule has 1 aromatic rings. The molecule has 0 bridgehead atoms. The molecule has 0 radical (unpaired) electrons. The molecule has 0 aromatic heterocycles. The Morgan fingerprint density at radius 2 is 2.30 bits per heavy atom. The van der Waals surface area contributed by atoms with Gasteiger partial charge < -0.3 is 9.47 Å². The van der Waals surface area contributed by atoms with E-state index in [1.807, 2.05) is 0 Å². The Labute approximate surface area is 120 Å². The van der Waals surface area contributed by atoms with Gasteiger partial charge in [-0.1, -0.05) is 17.7 Å². The zero-order chi connectivity index (χ0) is 14.5. The SMILES string of the molecule is O=C(OCC1CCCCO1)c1cccc([N+](=O)[O-])c1Cl. The smallest absolute Gasteiger partial charge is 0.340 e. The van der Waals surface area contributed by atoms with Crippen LogP contribution in [0.15, 0.2) is 18.2 Å². The molecule has 1 saturated heterocycles. The number of rotatable bonds is 4. The number of hydrogen-bond acceptors (Lipinski definition) is 5. The summed E-state index contributed by atoms with van der Waals surface area (Å²) in [6.45, 7) is 0.803. The third-order valence-electron chi connectivity index (χ3n) is 3.07. The first-order valence-electron chi connectivity index (χ1n) is 6.31. The van der Waals surface area contributed by atoms with E-state index in [-0.39, 0.29) is 29.0 Å². The molecule has 1 aliphatic heterocycles. The van der Waals surface area contributed by atoms with Gasteiger partial charge >= 0.3 is 5.97 Å². The lowest BCUT2D eigenvalue weighted by Crippen LogP contribution is -2.26. The highest BCUT2D eigenvalue weighted by atomic mass is 35.5. The normalized spacial score (nSPS) is 18.6. The summed E-state index contributed by atoms with van der Waals surface area (Å²) in [4.78, 5) is 22.0. The molecule has 7 heteroatoms. The molecule has 1 unspecified atom stereocenters. The third-order valence-corrected chi connectivity index (χ3v) is 3.47. The van der Waals surface area contributed by atoms with E-state index in [1.165, 1.54) is 18.2 Å². The number of halogens is 1. The summed E-state index contributed by atoms with van der Waals surface area (Å²) in [6.07, 6.45) is 2.79. The molecule has 0 saturated carbocycles. The van der Waals surface area contributed by atoms with Crippen LogP contribution in [0, 0.1) is 10.1 Å². The standard InChI is InChI=1S/C13H14ClNO5/c14-12-10(5-3-6-11(12)15(17)18)13(16)20-8-9-4-1-2-7-19-9/h3,5-6,9H,1-2,4,7-8H2. The predicted octanol–water partition coefficient (Wildman–Crippen LogP) is 2.97. The van der Waals surface area contributed by atoms with Gasteiger partial charge in [0.1, 0.15) is 11.6 Å². The highest BCUT2D eigenvalue weighted by molar-refractivity contribution is 6.35. The average Bonchev–Trinajstić information content (AvgIpc) is 2.46. The quantitative estimate of drug-likeness (QED) is 0.485. The van der Waals surface area contributed by atoms with E-state index in [0.717, 1.165) is 19.3 Å². The Kier molecular flexibility index (Phi) is 4.92. The van der Waals surface area contributed by atoms with Gasteiger partial charge in [-0.25, -0.2) is 4.79 Å². The van der Waals surface area contributed by atoms with Crippen LogP contribution in [0.25, 0.3) is 0 Å². The van der Waals surface area contributed by atoms with Gasteiger partial charge in [-0.15, -0.1) is 0 Å². The van der Waals surface area contributed by atoms with Crippen LogP contribution in [-0.4, -0.2) is 30.2 Å². The van der Waals surface area contributed by atoms with Crippen molar-refractivity contribution in [3.8, 4) is 0 Å². The highest BCUT2D eigenvalue weighted by Crippen LogP contribution is 2.28. The lowest BCUT2D eigenvalue weighted by atomic mass is 10.1. The van der Waals surface area contributed by atoms with Crippen molar-refractivity contribution in [1.82, 2.24) is 0 Å². The maximum atomic E-state index is 11.9. The van der Waals surface area contributed by atoms with E-state index >= 15 is 0 Å². The summed E-state index contributed by atoms with van der Waals surface area (Å²) in [5.41, 5.74) is -0.313. The van der Waals surface area contributed by atoms with Crippen molar-refractivity contribution in [1.29, 1.82) is 0 Å². The maximum absolute atomic E-state index is 11.9. The molecule has 1 fully saturated rings. The van der Waals surface area contributed by atoms with Crippen LogP contribution in [0.3, 0.4) is 0 Å². The second kappa shape index (κ2) is 6.67. The van der Waals surface area contributed by atoms with Gasteiger partial charge in [0.2, 0.25) is 0 Å². The van der Waals surface area contributed by atoms with Crippen LogP contribution in [-0.2, 0) is 9.47 Å². The summed E-state index contributed by atoms with van der Waals surface area (Å²) in [5, 5.41) is 10.5. The predicted molar refractivity (Wildman–Crippen MR) is 72.0 cm³/mol. The second-order valence-corrected chi connectivity index (χ2v) is 4.86. The van der Waals surface area contributed by atoms with E-state index in [0.29, 0.717) is 6.61 Å². The molecule has 0 N–H and O–H groups in total. The molecule has 1 aliphatic rings. The van der Waals surface area contributed by atoms with Crippen LogP contribution >= 0.6 is 11.6 Å². The molecule has 1 aromatic carbocycles. The molecule has 1 atom stereocenters. The minimum Gasteiger partial charge on any atom is -0.459 e. The number of carbonyl (C=O) groups excluding carboxylic acids is 1. The Balaban J connectivity index is 2.01. The van der Waals surface area contributed by atoms with Crippen molar-refractivity contribution in [3.05, 3.63) is 38.9 Å². The van der Waals surface area contributed by atoms with Gasteiger partial charge in [0.05, 0.1) is 16.6 Å². The Hall–Kier alpha value is -1.66. The number of esters is 1. The lowest BCUT2D eigenvalue weighted by molar-refractivity contribution is -0.384. The fourth-order valence-corrected chi connectivity index (χ4v) is 2.28. The first-order valence-corrected chi connectivity index (χ1v) is 6.69. The number of nitrogens with zero attached hydrogens (tertiary/aromatic N) is 1. The van der Waals surface area contributed by atoms with Gasteiger partial charge in [-0.2, -0.15) is 0 Å². The summed E-state index contributed by atoms with van der Waals surface area (Å²) in [7, 11) is 0. The van der Waals surface area contributed by atoms with Crippen molar-refractivity contribution in [2.45, 2.75) is 25.4 Å². The van der Waals surface area contributed by atoms with E-state index in [9.17, 15) is 14.9 Å². The Morgan fingerprint density at radius 1 is 1.50 bits per heavy atom. The monoisotopic (exact) mass is 299 g/mol. The third kappa shape index (κ3) is 3.46. The molecular weight excluding hydrogens is 286 g/mol. The van der Waals surface area contributed by atoms with Crippen molar-refractivity contribution in [2.24, 2.45) is 0 Å². The Bertz CT molecular complexity index is 513. The molecule has 0 amide bonds. The largest absolute Gasteiger partial charge is 0.459 e. The molecule has 108 valence electrons. The van der Waals surface area contributed by atoms with Crippen molar-refractivity contribution < 1.29 is 19.2 Å². The topological polar surface area (TPSA) is 78.7 Å².